The van der Waals surface area contributed by atoms with Gasteiger partial charge in [0.05, 0.1) is 0 Å². The Kier molecular flexibility index (Phi) is 4.03. The zero-order valence-corrected chi connectivity index (χ0v) is 13.0. The van der Waals surface area contributed by atoms with Crippen molar-refractivity contribution >= 4 is 0 Å². The summed E-state index contributed by atoms with van der Waals surface area (Å²) in [6, 6.07) is 9.26. The molecule has 0 saturated carbocycles. The molecule has 0 heterocycles. The molecule has 19 heavy (non-hydrogen) atoms. The van der Waals surface area contributed by atoms with Crippen LogP contribution in [0.2, 0.25) is 0 Å². The highest BCUT2D eigenvalue weighted by Crippen LogP contribution is 2.38. The van der Waals surface area contributed by atoms with E-state index in [1.807, 2.05) is 0 Å². The summed E-state index contributed by atoms with van der Waals surface area (Å²) >= 11 is 0. The number of hydrogen-bond acceptors (Lipinski definition) is 2. The summed E-state index contributed by atoms with van der Waals surface area (Å²) < 4.78 is 0. The molecule has 1 aromatic rings. The van der Waals surface area contributed by atoms with Gasteiger partial charge < -0.3 is 10.6 Å². The lowest BCUT2D eigenvalue weighted by molar-refractivity contribution is 0.134. The Morgan fingerprint density at radius 1 is 1.21 bits per heavy atom. The molecule has 0 aromatic heterocycles. The van der Waals surface area contributed by atoms with E-state index in [9.17, 15) is 0 Å². The zero-order valence-electron chi connectivity index (χ0n) is 13.0. The lowest BCUT2D eigenvalue weighted by Crippen LogP contribution is -2.46. The first-order valence-electron chi connectivity index (χ1n) is 7.34. The van der Waals surface area contributed by atoms with Gasteiger partial charge in [0.15, 0.2) is 0 Å². The largest absolute Gasteiger partial charge is 0.323 e. The Labute approximate surface area is 118 Å². The molecule has 106 valence electrons. The minimum absolute atomic E-state index is 0.139. The van der Waals surface area contributed by atoms with Crippen LogP contribution in [0.3, 0.4) is 0 Å². The first-order chi connectivity index (χ1) is 8.79. The molecule has 2 heteroatoms. The lowest BCUT2D eigenvalue weighted by atomic mass is 9.77. The maximum Gasteiger partial charge on any atom is 0.0456 e. The third kappa shape index (κ3) is 3.18. The Hall–Kier alpha value is -0.860. The van der Waals surface area contributed by atoms with Gasteiger partial charge in [0, 0.05) is 18.6 Å². The van der Waals surface area contributed by atoms with E-state index < -0.39 is 0 Å². The van der Waals surface area contributed by atoms with Gasteiger partial charge in [0.1, 0.15) is 0 Å². The first-order valence-corrected chi connectivity index (χ1v) is 7.34. The van der Waals surface area contributed by atoms with Crippen molar-refractivity contribution in [1.82, 2.24) is 4.90 Å². The van der Waals surface area contributed by atoms with Gasteiger partial charge in [-0.25, -0.2) is 0 Å². The summed E-state index contributed by atoms with van der Waals surface area (Å²) in [7, 11) is 2.22. The van der Waals surface area contributed by atoms with Crippen LogP contribution in [0.5, 0.6) is 0 Å². The predicted molar refractivity (Wildman–Crippen MR) is 82.3 cm³/mol. The van der Waals surface area contributed by atoms with Crippen molar-refractivity contribution in [3.63, 3.8) is 0 Å². The summed E-state index contributed by atoms with van der Waals surface area (Å²) in [6.45, 7) is 10.3. The van der Waals surface area contributed by atoms with E-state index in [-0.39, 0.29) is 6.04 Å². The maximum absolute atomic E-state index is 6.53. The van der Waals surface area contributed by atoms with Gasteiger partial charge in [0.2, 0.25) is 0 Å². The summed E-state index contributed by atoms with van der Waals surface area (Å²) in [5, 5.41) is 0. The number of nitrogens with two attached hydrogens (primary N) is 1. The quantitative estimate of drug-likeness (QED) is 0.881. The van der Waals surface area contributed by atoms with Gasteiger partial charge in [-0.1, -0.05) is 52.0 Å². The molecule has 3 unspecified atom stereocenters. The van der Waals surface area contributed by atoms with Gasteiger partial charge in [-0.3, -0.25) is 0 Å². The van der Waals surface area contributed by atoms with Crippen LogP contribution in [0.4, 0.5) is 0 Å². The minimum atomic E-state index is 0.139. The molecule has 1 aliphatic rings. The molecule has 0 fully saturated rings. The number of benzene rings is 1. The second-order valence-corrected chi connectivity index (χ2v) is 7.33. The zero-order chi connectivity index (χ0) is 14.2. The summed E-state index contributed by atoms with van der Waals surface area (Å²) in [5.74, 6) is 0.600. The molecule has 0 saturated heterocycles. The molecular weight excluding hydrogens is 232 g/mol. The number of nitrogens with zero attached hydrogens (tertiary/aromatic N) is 1. The van der Waals surface area contributed by atoms with Crippen LogP contribution in [-0.2, 0) is 0 Å². The number of rotatable bonds is 2. The smallest absolute Gasteiger partial charge is 0.0456 e. The van der Waals surface area contributed by atoms with Crippen LogP contribution in [0.15, 0.2) is 24.3 Å². The average Bonchev–Trinajstić information content (AvgIpc) is 2.31. The van der Waals surface area contributed by atoms with Crippen molar-refractivity contribution in [3.05, 3.63) is 35.4 Å². The molecule has 0 amide bonds. The standard InChI is InChI=1S/C17H28N2/c1-12-10-15(19(5)11-17(2,3)4)16(18)14-9-7-6-8-13(12)14/h6-9,12,15-16H,10-11,18H2,1-5H3. The second-order valence-electron chi connectivity index (χ2n) is 7.33. The molecule has 0 radical (unpaired) electrons. The van der Waals surface area contributed by atoms with Gasteiger partial charge >= 0.3 is 0 Å². The van der Waals surface area contributed by atoms with Crippen molar-refractivity contribution in [2.75, 3.05) is 13.6 Å². The van der Waals surface area contributed by atoms with E-state index in [2.05, 4.69) is 63.9 Å². The van der Waals surface area contributed by atoms with Crippen LogP contribution in [0.25, 0.3) is 0 Å². The highest BCUT2D eigenvalue weighted by molar-refractivity contribution is 5.36. The molecular formula is C17H28N2. The van der Waals surface area contributed by atoms with E-state index in [4.69, 9.17) is 5.73 Å². The summed E-state index contributed by atoms with van der Waals surface area (Å²) in [5.41, 5.74) is 9.63. The van der Waals surface area contributed by atoms with Crippen LogP contribution in [-0.4, -0.2) is 24.5 Å². The SMILES string of the molecule is CC1CC(N(C)CC(C)(C)C)C(N)c2ccccc21. The minimum Gasteiger partial charge on any atom is -0.323 e. The van der Waals surface area contributed by atoms with Crippen molar-refractivity contribution in [2.24, 2.45) is 11.1 Å². The monoisotopic (exact) mass is 260 g/mol. The lowest BCUT2D eigenvalue weighted by Gasteiger charge is -2.42. The highest BCUT2D eigenvalue weighted by Gasteiger charge is 2.33. The van der Waals surface area contributed by atoms with Crippen LogP contribution in [0, 0.1) is 5.41 Å². The molecule has 0 aliphatic heterocycles. The van der Waals surface area contributed by atoms with Crippen molar-refractivity contribution in [1.29, 1.82) is 0 Å². The van der Waals surface area contributed by atoms with Crippen LogP contribution in [0.1, 0.15) is 57.2 Å². The Morgan fingerprint density at radius 2 is 1.79 bits per heavy atom. The van der Waals surface area contributed by atoms with Gasteiger partial charge in [0.25, 0.3) is 0 Å². The van der Waals surface area contributed by atoms with E-state index >= 15 is 0 Å². The first kappa shape index (κ1) is 14.5. The third-order valence-corrected chi connectivity index (χ3v) is 4.19. The third-order valence-electron chi connectivity index (χ3n) is 4.19. The fourth-order valence-electron chi connectivity index (χ4n) is 3.43. The second kappa shape index (κ2) is 5.26. The van der Waals surface area contributed by atoms with E-state index in [1.165, 1.54) is 11.1 Å². The van der Waals surface area contributed by atoms with Gasteiger partial charge in [-0.05, 0) is 35.9 Å². The Morgan fingerprint density at radius 3 is 2.37 bits per heavy atom. The molecule has 3 atom stereocenters. The number of fused-ring (bicyclic) bond motifs is 1. The molecule has 2 N–H and O–H groups in total. The van der Waals surface area contributed by atoms with E-state index in [1.54, 1.807) is 0 Å². The normalized spacial score (nSPS) is 27.4. The summed E-state index contributed by atoms with van der Waals surface area (Å²) in [4.78, 5) is 2.46. The summed E-state index contributed by atoms with van der Waals surface area (Å²) in [6.07, 6.45) is 1.16. The van der Waals surface area contributed by atoms with Gasteiger partial charge in [-0.2, -0.15) is 0 Å². The van der Waals surface area contributed by atoms with Crippen molar-refractivity contribution in [2.45, 2.75) is 52.1 Å². The molecule has 1 aromatic carbocycles. The van der Waals surface area contributed by atoms with E-state index in [0.29, 0.717) is 17.4 Å². The number of likely N-dealkylation sites (N-methyl/N-ethyl adjacent to an activating group) is 1. The van der Waals surface area contributed by atoms with Crippen molar-refractivity contribution in [3.8, 4) is 0 Å². The molecule has 0 bridgehead atoms. The molecule has 2 nitrogen and oxygen atoms in total. The molecule has 2 rings (SSSR count). The molecule has 0 spiro atoms. The Bertz CT molecular complexity index is 433. The fourth-order valence-corrected chi connectivity index (χ4v) is 3.43. The van der Waals surface area contributed by atoms with Crippen molar-refractivity contribution < 1.29 is 0 Å². The Balaban J connectivity index is 2.22. The molecule has 1 aliphatic carbocycles. The topological polar surface area (TPSA) is 29.3 Å². The number of hydrogen-bond donors (Lipinski definition) is 1. The van der Waals surface area contributed by atoms with Gasteiger partial charge in [-0.15, -0.1) is 0 Å². The predicted octanol–water partition coefficient (Wildman–Crippen LogP) is 3.54. The average molecular weight is 260 g/mol. The van der Waals surface area contributed by atoms with Crippen LogP contribution >= 0.6 is 0 Å². The van der Waals surface area contributed by atoms with E-state index in [0.717, 1.165) is 13.0 Å². The fraction of sp³-hybridized carbons (Fsp3) is 0.647. The maximum atomic E-state index is 6.53. The van der Waals surface area contributed by atoms with Crippen LogP contribution < -0.4 is 5.73 Å². The highest BCUT2D eigenvalue weighted by atomic mass is 15.2.